The van der Waals surface area contributed by atoms with Crippen LogP contribution < -0.4 is 5.73 Å². The third kappa shape index (κ3) is 2.20. The average Bonchev–Trinajstić information content (AvgIpc) is 3.08. The van der Waals surface area contributed by atoms with Gasteiger partial charge in [0.1, 0.15) is 6.33 Å². The third-order valence-corrected chi connectivity index (χ3v) is 2.90. The van der Waals surface area contributed by atoms with Gasteiger partial charge in [0.2, 0.25) is 0 Å². The highest BCUT2D eigenvalue weighted by molar-refractivity contribution is 5.67. The summed E-state index contributed by atoms with van der Waals surface area (Å²) in [7, 11) is 0. The van der Waals surface area contributed by atoms with Crippen LogP contribution >= 0.6 is 0 Å². The monoisotopic (exact) mass is 226 g/mol. The van der Waals surface area contributed by atoms with E-state index in [0.717, 1.165) is 17.1 Å². The first-order valence-electron chi connectivity index (χ1n) is 5.76. The van der Waals surface area contributed by atoms with E-state index < -0.39 is 0 Å². The molecule has 1 aromatic heterocycles. The van der Waals surface area contributed by atoms with Crippen LogP contribution in [0.3, 0.4) is 0 Å². The van der Waals surface area contributed by atoms with E-state index in [2.05, 4.69) is 14.8 Å². The second kappa shape index (κ2) is 4.05. The Balaban J connectivity index is 1.81. The van der Waals surface area contributed by atoms with Gasteiger partial charge in [-0.1, -0.05) is 18.2 Å². The Morgan fingerprint density at radius 2 is 1.94 bits per heavy atom. The van der Waals surface area contributed by atoms with E-state index >= 15 is 0 Å². The van der Waals surface area contributed by atoms with Gasteiger partial charge in [-0.25, -0.2) is 0 Å². The van der Waals surface area contributed by atoms with Gasteiger partial charge in [0.15, 0.2) is 5.82 Å². The second-order valence-corrected chi connectivity index (χ2v) is 4.33. The predicted molar refractivity (Wildman–Crippen MR) is 68.1 cm³/mol. The van der Waals surface area contributed by atoms with E-state index in [4.69, 9.17) is 5.73 Å². The van der Waals surface area contributed by atoms with E-state index in [1.165, 1.54) is 12.8 Å². The van der Waals surface area contributed by atoms with E-state index in [-0.39, 0.29) is 0 Å². The van der Waals surface area contributed by atoms with Gasteiger partial charge in [0, 0.05) is 11.7 Å². The lowest BCUT2D eigenvalue weighted by Gasteiger charge is -1.99. The van der Waals surface area contributed by atoms with Crippen molar-refractivity contribution in [3.63, 3.8) is 0 Å². The van der Waals surface area contributed by atoms with Gasteiger partial charge in [-0.3, -0.25) is 0 Å². The van der Waals surface area contributed by atoms with Crippen LogP contribution in [0.15, 0.2) is 30.6 Å². The lowest BCUT2D eigenvalue weighted by atomic mass is 10.2. The fourth-order valence-electron chi connectivity index (χ4n) is 1.78. The first kappa shape index (κ1) is 10.1. The highest BCUT2D eigenvalue weighted by atomic mass is 15.3. The lowest BCUT2D eigenvalue weighted by molar-refractivity contribution is 0.730. The molecule has 0 amide bonds. The summed E-state index contributed by atoms with van der Waals surface area (Å²) in [5, 5.41) is 8.06. The number of hydrogen-bond acceptors (Lipinski definition) is 3. The van der Waals surface area contributed by atoms with Crippen LogP contribution in [0.5, 0.6) is 0 Å². The number of nitrogens with zero attached hydrogens (tertiary/aromatic N) is 3. The minimum atomic E-state index is 0.607. The topological polar surface area (TPSA) is 56.7 Å². The van der Waals surface area contributed by atoms with Gasteiger partial charge >= 0.3 is 0 Å². The molecule has 1 fully saturated rings. The first-order chi connectivity index (χ1) is 8.33. The number of anilines is 1. The molecule has 0 radical (unpaired) electrons. The Morgan fingerprint density at radius 3 is 2.65 bits per heavy atom. The fourth-order valence-corrected chi connectivity index (χ4v) is 1.78. The third-order valence-electron chi connectivity index (χ3n) is 2.90. The summed E-state index contributed by atoms with van der Waals surface area (Å²) in [6.45, 7) is 0. The fraction of sp³-hybridized carbons (Fsp3) is 0.231. The van der Waals surface area contributed by atoms with Gasteiger partial charge in [0.25, 0.3) is 0 Å². The van der Waals surface area contributed by atoms with Gasteiger partial charge in [-0.05, 0) is 36.6 Å². The zero-order valence-corrected chi connectivity index (χ0v) is 9.45. The number of aromatic nitrogens is 3. The Bertz CT molecular complexity index is 535. The highest BCUT2D eigenvalue weighted by Crippen LogP contribution is 2.35. The summed E-state index contributed by atoms with van der Waals surface area (Å²) in [5.74, 6) is 0.921. The standard InChI is InChI=1S/C13H14N4/c14-11-4-1-10(2-5-11)3-8-13-16-15-9-17(13)12-6-7-12/h1-5,8-9,12H,6-7,14H2/b8-3+. The van der Waals surface area contributed by atoms with Crippen LogP contribution in [0.1, 0.15) is 30.3 Å². The summed E-state index contributed by atoms with van der Waals surface area (Å²) >= 11 is 0. The van der Waals surface area contributed by atoms with Crippen molar-refractivity contribution >= 4 is 17.8 Å². The first-order valence-corrected chi connectivity index (χ1v) is 5.76. The van der Waals surface area contributed by atoms with Crippen LogP contribution in [0.2, 0.25) is 0 Å². The Morgan fingerprint density at radius 1 is 1.18 bits per heavy atom. The molecule has 1 aliphatic carbocycles. The van der Waals surface area contributed by atoms with Gasteiger partial charge in [-0.2, -0.15) is 0 Å². The van der Waals surface area contributed by atoms with E-state index in [9.17, 15) is 0 Å². The minimum absolute atomic E-state index is 0.607. The number of nitrogen functional groups attached to an aromatic ring is 1. The second-order valence-electron chi connectivity index (χ2n) is 4.33. The normalized spacial score (nSPS) is 15.5. The van der Waals surface area contributed by atoms with Crippen molar-refractivity contribution in [1.82, 2.24) is 14.8 Å². The summed E-state index contributed by atoms with van der Waals surface area (Å²) in [4.78, 5) is 0. The maximum absolute atomic E-state index is 5.64. The zero-order valence-electron chi connectivity index (χ0n) is 9.45. The molecule has 3 rings (SSSR count). The molecule has 0 aliphatic heterocycles. The smallest absolute Gasteiger partial charge is 0.156 e. The minimum Gasteiger partial charge on any atom is -0.399 e. The Hall–Kier alpha value is -2.10. The summed E-state index contributed by atoms with van der Waals surface area (Å²) in [6, 6.07) is 8.38. The van der Waals surface area contributed by atoms with Crippen molar-refractivity contribution in [2.45, 2.75) is 18.9 Å². The van der Waals surface area contributed by atoms with Gasteiger partial charge in [0.05, 0.1) is 0 Å². The lowest BCUT2D eigenvalue weighted by Crippen LogP contribution is -1.94. The quantitative estimate of drug-likeness (QED) is 0.817. The van der Waals surface area contributed by atoms with Crippen molar-refractivity contribution in [1.29, 1.82) is 0 Å². The largest absolute Gasteiger partial charge is 0.399 e. The highest BCUT2D eigenvalue weighted by Gasteiger charge is 2.25. The average molecular weight is 226 g/mol. The molecule has 86 valence electrons. The molecular formula is C13H14N4. The summed E-state index contributed by atoms with van der Waals surface area (Å²) in [5.41, 5.74) is 7.54. The van der Waals surface area contributed by atoms with Gasteiger partial charge in [-0.15, -0.1) is 10.2 Å². The molecular weight excluding hydrogens is 212 g/mol. The van der Waals surface area contributed by atoms with Crippen molar-refractivity contribution in [3.05, 3.63) is 42.0 Å². The molecule has 2 N–H and O–H groups in total. The molecule has 1 heterocycles. The molecule has 4 nitrogen and oxygen atoms in total. The SMILES string of the molecule is Nc1ccc(/C=C/c2nncn2C2CC2)cc1. The van der Waals surface area contributed by atoms with Crippen LogP contribution in [0.25, 0.3) is 12.2 Å². The van der Waals surface area contributed by atoms with E-state index in [0.29, 0.717) is 6.04 Å². The molecule has 1 aliphatic rings. The molecule has 4 heteroatoms. The molecule has 2 aromatic rings. The maximum atomic E-state index is 5.64. The number of rotatable bonds is 3. The van der Waals surface area contributed by atoms with Gasteiger partial charge < -0.3 is 10.3 Å². The molecule has 0 spiro atoms. The van der Waals surface area contributed by atoms with Crippen LogP contribution in [0, 0.1) is 0 Å². The molecule has 0 atom stereocenters. The van der Waals surface area contributed by atoms with Crippen molar-refractivity contribution in [3.8, 4) is 0 Å². The zero-order chi connectivity index (χ0) is 11.7. The molecule has 1 aromatic carbocycles. The van der Waals surface area contributed by atoms with Crippen molar-refractivity contribution in [2.75, 3.05) is 5.73 Å². The number of hydrogen-bond donors (Lipinski definition) is 1. The Kier molecular flexibility index (Phi) is 2.40. The molecule has 0 saturated heterocycles. The molecule has 17 heavy (non-hydrogen) atoms. The van der Waals surface area contributed by atoms with Crippen LogP contribution in [0.4, 0.5) is 5.69 Å². The summed E-state index contributed by atoms with van der Waals surface area (Å²) in [6.07, 6.45) is 8.31. The van der Waals surface area contributed by atoms with E-state index in [1.807, 2.05) is 36.4 Å². The Labute approximate surface area is 99.8 Å². The predicted octanol–water partition coefficient (Wildman–Crippen LogP) is 2.37. The maximum Gasteiger partial charge on any atom is 0.156 e. The molecule has 1 saturated carbocycles. The molecule has 0 bridgehead atoms. The number of nitrogens with two attached hydrogens (primary N) is 1. The van der Waals surface area contributed by atoms with Crippen molar-refractivity contribution in [2.24, 2.45) is 0 Å². The number of benzene rings is 1. The van der Waals surface area contributed by atoms with Crippen molar-refractivity contribution < 1.29 is 0 Å². The van der Waals surface area contributed by atoms with Crippen LogP contribution in [-0.4, -0.2) is 14.8 Å². The molecule has 0 unspecified atom stereocenters. The van der Waals surface area contributed by atoms with E-state index in [1.54, 1.807) is 6.33 Å². The van der Waals surface area contributed by atoms with Crippen LogP contribution in [-0.2, 0) is 0 Å². The summed E-state index contributed by atoms with van der Waals surface area (Å²) < 4.78 is 2.13.